The molecule has 1 atom stereocenters. The number of piperidine rings is 1. The summed E-state index contributed by atoms with van der Waals surface area (Å²) in [6, 6.07) is 14.6. The van der Waals surface area contributed by atoms with Gasteiger partial charge in [-0.1, -0.05) is 11.6 Å². The highest BCUT2D eigenvalue weighted by atomic mass is 35.5. The van der Waals surface area contributed by atoms with Crippen LogP contribution >= 0.6 is 23.4 Å². The lowest BCUT2D eigenvalue weighted by Crippen LogP contribution is -2.38. The van der Waals surface area contributed by atoms with Gasteiger partial charge >= 0.3 is 0 Å². The summed E-state index contributed by atoms with van der Waals surface area (Å²) in [5.74, 6) is 0.463. The summed E-state index contributed by atoms with van der Waals surface area (Å²) in [6.45, 7) is 3.51. The molecule has 1 fully saturated rings. The van der Waals surface area contributed by atoms with Crippen LogP contribution in [0.2, 0.25) is 5.02 Å². The zero-order valence-corrected chi connectivity index (χ0v) is 19.0. The molecule has 3 rings (SSSR count). The number of hydrogen-bond acceptors (Lipinski definition) is 5. The lowest BCUT2D eigenvalue weighted by atomic mass is 10.1. The number of likely N-dealkylation sites (tertiary alicyclic amines) is 1. The molecule has 31 heavy (non-hydrogen) atoms. The van der Waals surface area contributed by atoms with Crippen molar-refractivity contribution in [1.82, 2.24) is 10.3 Å². The lowest BCUT2D eigenvalue weighted by Gasteiger charge is -2.26. The minimum Gasteiger partial charge on any atom is -0.484 e. The molecule has 1 aliphatic rings. The van der Waals surface area contributed by atoms with E-state index in [1.54, 1.807) is 30.5 Å². The van der Waals surface area contributed by atoms with Gasteiger partial charge in [0, 0.05) is 23.0 Å². The molecule has 0 saturated carbocycles. The third kappa shape index (κ3) is 7.60. The van der Waals surface area contributed by atoms with Crippen LogP contribution < -0.4 is 10.2 Å². The number of halogens is 1. The van der Waals surface area contributed by atoms with E-state index in [0.717, 1.165) is 36.4 Å². The topological polar surface area (TPSA) is 71.0 Å². The van der Waals surface area contributed by atoms with Crippen LogP contribution in [0.5, 0.6) is 5.75 Å². The Kier molecular flexibility index (Phi) is 8.79. The van der Waals surface area contributed by atoms with Gasteiger partial charge in [0.2, 0.25) is 0 Å². The maximum Gasteiger partial charge on any atom is 0.260 e. The monoisotopic (exact) mass is 459 g/mol. The van der Waals surface area contributed by atoms with Gasteiger partial charge in [0.15, 0.2) is 6.61 Å². The fraction of sp³-hybridized carbons (Fsp3) is 0.348. The molecule has 1 N–H and O–H groups in total. The highest BCUT2D eigenvalue weighted by Crippen LogP contribution is 2.24. The van der Waals surface area contributed by atoms with Crippen molar-refractivity contribution in [1.29, 1.82) is 0 Å². The van der Waals surface area contributed by atoms with Crippen LogP contribution in [0.25, 0.3) is 0 Å². The molecule has 164 valence electrons. The average molecular weight is 460 g/mol. The van der Waals surface area contributed by atoms with E-state index in [4.69, 9.17) is 16.3 Å². The van der Waals surface area contributed by atoms with Gasteiger partial charge in [0.25, 0.3) is 11.8 Å². The van der Waals surface area contributed by atoms with Gasteiger partial charge in [-0.25, -0.2) is 5.43 Å². The number of ether oxygens (including phenoxy) is 1. The standard InChI is InChI=1S/C23H26ClN3O3S/c1-17(31-21-11-7-19(24)8-12-21)23(29)26-25-15-18-5-9-20(10-6-18)30-16-22(28)27-13-3-2-4-14-27/h5-12,15,17H,2-4,13-14,16H2,1H3,(H,26,29)/b25-15-/t17-/m0/s1. The predicted molar refractivity (Wildman–Crippen MR) is 125 cm³/mol. The second kappa shape index (κ2) is 11.8. The summed E-state index contributed by atoms with van der Waals surface area (Å²) in [6.07, 6.45) is 4.89. The molecule has 0 bridgehead atoms. The Morgan fingerprint density at radius 1 is 1.13 bits per heavy atom. The molecule has 0 spiro atoms. The first-order chi connectivity index (χ1) is 15.0. The lowest BCUT2D eigenvalue weighted by molar-refractivity contribution is -0.134. The van der Waals surface area contributed by atoms with Gasteiger partial charge < -0.3 is 9.64 Å². The molecule has 0 unspecified atom stereocenters. The summed E-state index contributed by atoms with van der Waals surface area (Å²) in [4.78, 5) is 27.2. The molecule has 2 aromatic rings. The first-order valence-electron chi connectivity index (χ1n) is 10.3. The Labute approximate surface area is 192 Å². The number of hydrogen-bond donors (Lipinski definition) is 1. The van der Waals surface area contributed by atoms with Gasteiger partial charge in [-0.05, 0) is 80.3 Å². The highest BCUT2D eigenvalue weighted by molar-refractivity contribution is 8.00. The molecule has 0 aromatic heterocycles. The van der Waals surface area contributed by atoms with Crippen LogP contribution in [0.4, 0.5) is 0 Å². The normalized spacial score (nSPS) is 15.0. The van der Waals surface area contributed by atoms with E-state index in [1.807, 2.05) is 36.1 Å². The molecule has 8 heteroatoms. The highest BCUT2D eigenvalue weighted by Gasteiger charge is 2.16. The average Bonchev–Trinajstić information content (AvgIpc) is 2.80. The summed E-state index contributed by atoms with van der Waals surface area (Å²) in [5, 5.41) is 4.39. The van der Waals surface area contributed by atoms with E-state index < -0.39 is 0 Å². The summed E-state index contributed by atoms with van der Waals surface area (Å²) in [5.41, 5.74) is 3.37. The predicted octanol–water partition coefficient (Wildman–Crippen LogP) is 4.36. The summed E-state index contributed by atoms with van der Waals surface area (Å²) in [7, 11) is 0. The van der Waals surface area contributed by atoms with E-state index in [9.17, 15) is 9.59 Å². The number of amides is 2. The molecule has 1 aliphatic heterocycles. The number of carbonyl (C=O) groups is 2. The summed E-state index contributed by atoms with van der Waals surface area (Å²) < 4.78 is 5.60. The van der Waals surface area contributed by atoms with Crippen LogP contribution in [-0.4, -0.2) is 47.9 Å². The number of benzene rings is 2. The van der Waals surface area contributed by atoms with Gasteiger partial charge in [-0.3, -0.25) is 9.59 Å². The second-order valence-corrected chi connectivity index (χ2v) is 9.10. The fourth-order valence-electron chi connectivity index (χ4n) is 3.06. The van der Waals surface area contributed by atoms with E-state index in [1.165, 1.54) is 18.2 Å². The number of rotatable bonds is 8. The Balaban J connectivity index is 1.41. The molecule has 0 aliphatic carbocycles. The van der Waals surface area contributed by atoms with E-state index >= 15 is 0 Å². The van der Waals surface area contributed by atoms with Crippen molar-refractivity contribution >= 4 is 41.4 Å². The van der Waals surface area contributed by atoms with Crippen molar-refractivity contribution in [3.05, 3.63) is 59.1 Å². The van der Waals surface area contributed by atoms with Crippen molar-refractivity contribution in [3.63, 3.8) is 0 Å². The second-order valence-electron chi connectivity index (χ2n) is 7.25. The smallest absolute Gasteiger partial charge is 0.260 e. The van der Waals surface area contributed by atoms with Crippen LogP contribution in [0.15, 0.2) is 58.5 Å². The Bertz CT molecular complexity index is 897. The van der Waals surface area contributed by atoms with Gasteiger partial charge in [0.1, 0.15) is 5.75 Å². The number of hydrazone groups is 1. The first kappa shape index (κ1) is 23.2. The van der Waals surface area contributed by atoms with Crippen molar-refractivity contribution in [2.24, 2.45) is 5.10 Å². The number of thioether (sulfide) groups is 1. The van der Waals surface area contributed by atoms with Crippen molar-refractivity contribution in [2.45, 2.75) is 36.3 Å². The minimum atomic E-state index is -0.299. The van der Waals surface area contributed by atoms with Crippen LogP contribution in [0.3, 0.4) is 0 Å². The van der Waals surface area contributed by atoms with Gasteiger partial charge in [-0.2, -0.15) is 5.10 Å². The van der Waals surface area contributed by atoms with Crippen molar-refractivity contribution in [3.8, 4) is 5.75 Å². The maximum absolute atomic E-state index is 12.2. The molecule has 1 heterocycles. The van der Waals surface area contributed by atoms with Crippen LogP contribution in [-0.2, 0) is 9.59 Å². The molecule has 1 saturated heterocycles. The van der Waals surface area contributed by atoms with Crippen molar-refractivity contribution < 1.29 is 14.3 Å². The molecule has 2 aromatic carbocycles. The Morgan fingerprint density at radius 2 is 1.81 bits per heavy atom. The van der Waals surface area contributed by atoms with Crippen LogP contribution in [0.1, 0.15) is 31.7 Å². The number of nitrogens with zero attached hydrogens (tertiary/aromatic N) is 2. The Hall–Kier alpha value is -2.51. The zero-order valence-electron chi connectivity index (χ0n) is 17.4. The molecular weight excluding hydrogens is 434 g/mol. The first-order valence-corrected chi connectivity index (χ1v) is 11.5. The van der Waals surface area contributed by atoms with Crippen molar-refractivity contribution in [2.75, 3.05) is 19.7 Å². The molecular formula is C23H26ClN3O3S. The summed E-state index contributed by atoms with van der Waals surface area (Å²) >= 11 is 7.31. The van der Waals surface area contributed by atoms with E-state index in [-0.39, 0.29) is 23.7 Å². The third-order valence-electron chi connectivity index (χ3n) is 4.84. The zero-order chi connectivity index (χ0) is 22.1. The molecule has 2 amide bonds. The number of carbonyl (C=O) groups excluding carboxylic acids is 2. The van der Waals surface area contributed by atoms with Gasteiger partial charge in [0.05, 0.1) is 11.5 Å². The van der Waals surface area contributed by atoms with Crippen LogP contribution in [0, 0.1) is 0 Å². The van der Waals surface area contributed by atoms with E-state index in [0.29, 0.717) is 10.8 Å². The van der Waals surface area contributed by atoms with Gasteiger partial charge in [-0.15, -0.1) is 11.8 Å². The SMILES string of the molecule is C[C@H](Sc1ccc(Cl)cc1)C(=O)N/N=C\c1ccc(OCC(=O)N2CCCCC2)cc1. The maximum atomic E-state index is 12.2. The fourth-order valence-corrected chi connectivity index (χ4v) is 4.05. The quantitative estimate of drug-likeness (QED) is 0.361. The molecule has 0 radical (unpaired) electrons. The number of nitrogens with one attached hydrogen (secondary N) is 1. The largest absolute Gasteiger partial charge is 0.484 e. The Morgan fingerprint density at radius 3 is 2.48 bits per heavy atom. The van der Waals surface area contributed by atoms with E-state index in [2.05, 4.69) is 10.5 Å². The minimum absolute atomic E-state index is 0.0265. The third-order valence-corrected chi connectivity index (χ3v) is 6.20. The molecule has 6 nitrogen and oxygen atoms in total.